The van der Waals surface area contributed by atoms with E-state index in [9.17, 15) is 27.6 Å². The van der Waals surface area contributed by atoms with E-state index in [1.54, 1.807) is 51.1 Å². The highest BCUT2D eigenvalue weighted by Gasteiger charge is 2.47. The summed E-state index contributed by atoms with van der Waals surface area (Å²) in [5.74, 6) is -1.60. The first-order valence-electron chi connectivity index (χ1n) is 10.2. The third-order valence-electron chi connectivity index (χ3n) is 4.88. The molecular formula is C22H23BrF3N3O5. The Balaban J connectivity index is 2.15. The number of ether oxygens (including phenoxy) is 2. The van der Waals surface area contributed by atoms with Crippen molar-refractivity contribution in [3.8, 4) is 5.75 Å². The molecule has 2 heterocycles. The summed E-state index contributed by atoms with van der Waals surface area (Å²) in [4.78, 5) is 39.5. The zero-order chi connectivity index (χ0) is 25.4. The summed E-state index contributed by atoms with van der Waals surface area (Å²) in [5.41, 5.74) is -1.57. The van der Waals surface area contributed by atoms with Crippen molar-refractivity contribution < 1.29 is 32.2 Å². The van der Waals surface area contributed by atoms with Crippen molar-refractivity contribution in [3.63, 3.8) is 0 Å². The van der Waals surface area contributed by atoms with Gasteiger partial charge in [-0.25, -0.2) is 9.47 Å². The molecule has 2 aromatic rings. The van der Waals surface area contributed by atoms with Crippen LogP contribution in [0.25, 0.3) is 0 Å². The van der Waals surface area contributed by atoms with E-state index in [1.807, 2.05) is 0 Å². The highest BCUT2D eigenvalue weighted by Crippen LogP contribution is 2.31. The minimum absolute atomic E-state index is 0.0574. The average Bonchev–Trinajstić information content (AvgIpc) is 2.73. The molecule has 0 radical (unpaired) electrons. The largest absolute Gasteiger partial charge is 0.482 e. The lowest BCUT2D eigenvalue weighted by molar-refractivity contribution is -0.173. The van der Waals surface area contributed by atoms with Gasteiger partial charge in [0, 0.05) is 6.20 Å². The first-order chi connectivity index (χ1) is 15.7. The van der Waals surface area contributed by atoms with Gasteiger partial charge in [0.05, 0.1) is 4.47 Å². The Bertz CT molecular complexity index is 1150. The number of alkyl halides is 3. The van der Waals surface area contributed by atoms with E-state index < -0.39 is 53.4 Å². The van der Waals surface area contributed by atoms with Crippen molar-refractivity contribution in [2.45, 2.75) is 52.1 Å². The van der Waals surface area contributed by atoms with Crippen LogP contribution in [-0.4, -0.2) is 46.1 Å². The van der Waals surface area contributed by atoms with Gasteiger partial charge in [0.1, 0.15) is 24.9 Å². The predicted octanol–water partition coefficient (Wildman–Crippen LogP) is 4.43. The molecule has 1 aliphatic rings. The topological polar surface area (TPSA) is 81.1 Å². The minimum atomic E-state index is -4.78. The van der Waals surface area contributed by atoms with Crippen LogP contribution < -0.4 is 15.2 Å². The second-order valence-corrected chi connectivity index (χ2v) is 9.47. The van der Waals surface area contributed by atoms with Gasteiger partial charge in [-0.3, -0.25) is 9.59 Å². The van der Waals surface area contributed by atoms with Gasteiger partial charge in [0.2, 0.25) is 5.43 Å². The molecule has 0 spiro atoms. The third kappa shape index (κ3) is 5.37. The Morgan fingerprint density at radius 3 is 2.32 bits per heavy atom. The maximum Gasteiger partial charge on any atom is 0.431 e. The van der Waals surface area contributed by atoms with E-state index in [2.05, 4.69) is 15.9 Å². The number of hydrogen-bond acceptors (Lipinski definition) is 5. The van der Waals surface area contributed by atoms with Crippen molar-refractivity contribution in [3.05, 3.63) is 62.5 Å². The number of benzene rings is 1. The number of pyridine rings is 1. The predicted molar refractivity (Wildman–Crippen MR) is 120 cm³/mol. The Hall–Kier alpha value is -3.02. The zero-order valence-electron chi connectivity index (χ0n) is 18.9. The molecule has 0 unspecified atom stereocenters. The molecule has 0 aliphatic carbocycles. The van der Waals surface area contributed by atoms with Crippen LogP contribution in [0, 0.1) is 0 Å². The molecule has 1 aromatic carbocycles. The molecule has 34 heavy (non-hydrogen) atoms. The molecule has 1 aromatic heterocycles. The quantitative estimate of drug-likeness (QED) is 0.567. The molecule has 2 amide bonds. The number of carbonyl (C=O) groups is 2. The van der Waals surface area contributed by atoms with E-state index >= 15 is 0 Å². The summed E-state index contributed by atoms with van der Waals surface area (Å²) >= 11 is 3.09. The molecule has 1 atom stereocenters. The summed E-state index contributed by atoms with van der Waals surface area (Å²) in [7, 11) is 0. The molecule has 12 heteroatoms. The van der Waals surface area contributed by atoms with Gasteiger partial charge >= 0.3 is 12.3 Å². The normalized spacial score (nSPS) is 15.1. The summed E-state index contributed by atoms with van der Waals surface area (Å²) in [6.45, 7) is 4.68. The molecule has 1 aliphatic heterocycles. The number of aromatic nitrogens is 1. The number of halogens is 4. The van der Waals surface area contributed by atoms with Gasteiger partial charge in [0.15, 0.2) is 11.4 Å². The van der Waals surface area contributed by atoms with Crippen LogP contribution in [0.4, 0.5) is 18.0 Å². The fraction of sp³-hybridized carbons (Fsp3) is 0.409. The fourth-order valence-electron chi connectivity index (χ4n) is 3.15. The summed E-state index contributed by atoms with van der Waals surface area (Å²) in [6, 6.07) is 6.44. The maximum atomic E-state index is 13.6. The van der Waals surface area contributed by atoms with E-state index in [0.717, 1.165) is 22.8 Å². The van der Waals surface area contributed by atoms with Crippen LogP contribution in [0.15, 0.2) is 45.8 Å². The van der Waals surface area contributed by atoms with Gasteiger partial charge in [-0.1, -0.05) is 30.3 Å². The molecule has 0 N–H and O–H groups in total. The highest BCUT2D eigenvalue weighted by molar-refractivity contribution is 9.10. The summed E-state index contributed by atoms with van der Waals surface area (Å²) in [6.07, 6.45) is -4.66. The minimum Gasteiger partial charge on any atom is -0.482 e. The van der Waals surface area contributed by atoms with Crippen molar-refractivity contribution in [1.29, 1.82) is 0 Å². The average molecular weight is 546 g/mol. The highest BCUT2D eigenvalue weighted by atomic mass is 79.9. The molecule has 0 bridgehead atoms. The van der Waals surface area contributed by atoms with Gasteiger partial charge in [-0.2, -0.15) is 18.2 Å². The lowest BCUT2D eigenvalue weighted by atomic mass is 10.2. The van der Waals surface area contributed by atoms with Gasteiger partial charge in [-0.15, -0.1) is 0 Å². The van der Waals surface area contributed by atoms with Crippen LogP contribution >= 0.6 is 15.9 Å². The number of nitrogens with zero attached hydrogens (tertiary/aromatic N) is 3. The van der Waals surface area contributed by atoms with Crippen molar-refractivity contribution in [2.24, 2.45) is 0 Å². The zero-order valence-corrected chi connectivity index (χ0v) is 20.4. The smallest absolute Gasteiger partial charge is 0.431 e. The number of carbonyl (C=O) groups excluding carboxylic acids is 2. The van der Waals surface area contributed by atoms with Crippen molar-refractivity contribution in [1.82, 2.24) is 9.58 Å². The van der Waals surface area contributed by atoms with Crippen LogP contribution in [0.1, 0.15) is 43.7 Å². The van der Waals surface area contributed by atoms with E-state index in [-0.39, 0.29) is 11.1 Å². The van der Waals surface area contributed by atoms with E-state index in [4.69, 9.17) is 9.47 Å². The summed E-state index contributed by atoms with van der Waals surface area (Å²) < 4.78 is 52.6. The molecule has 184 valence electrons. The van der Waals surface area contributed by atoms with E-state index in [1.165, 1.54) is 0 Å². The first kappa shape index (κ1) is 25.6. The van der Waals surface area contributed by atoms with Crippen molar-refractivity contribution in [2.75, 3.05) is 11.7 Å². The molecular weight excluding hydrogens is 523 g/mol. The Morgan fingerprint density at radius 2 is 1.76 bits per heavy atom. The second-order valence-electron chi connectivity index (χ2n) is 8.62. The third-order valence-corrected chi connectivity index (χ3v) is 5.45. The first-order valence-corrected chi connectivity index (χ1v) is 11.0. The number of amides is 2. The monoisotopic (exact) mass is 545 g/mol. The fourth-order valence-corrected chi connectivity index (χ4v) is 3.52. The molecule has 0 saturated carbocycles. The standard InChI is InChI=1S/C22H23BrF3N3O5/c1-13(22(24,25)26)27-12-29(20(32)34-21(2,3)4)28-10-15(23)17(30)18(16(28)19(27)31)33-11-14-8-6-5-7-9-14/h5-10,13H,11-12H2,1-4H3/t13-/m1/s1. The SMILES string of the molecule is C[C@@H](N1CN(C(=O)OC(C)(C)C)n2cc(Br)c(=O)c(OCc3ccccc3)c2C1=O)C(F)(F)F. The van der Waals surface area contributed by atoms with Crippen LogP contribution in [-0.2, 0) is 11.3 Å². The van der Waals surface area contributed by atoms with E-state index in [0.29, 0.717) is 10.5 Å². The molecule has 3 rings (SSSR count). The summed E-state index contributed by atoms with van der Waals surface area (Å²) in [5, 5.41) is 0.809. The molecule has 8 nitrogen and oxygen atoms in total. The lowest BCUT2D eigenvalue weighted by Gasteiger charge is -2.41. The van der Waals surface area contributed by atoms with Crippen LogP contribution in [0.2, 0.25) is 0 Å². The number of rotatable bonds is 4. The molecule has 0 fully saturated rings. The number of hydrogen-bond donors (Lipinski definition) is 0. The molecule has 0 saturated heterocycles. The number of fused-ring (bicyclic) bond motifs is 1. The maximum absolute atomic E-state index is 13.6. The Labute approximate surface area is 201 Å². The lowest BCUT2D eigenvalue weighted by Crippen LogP contribution is -2.61. The van der Waals surface area contributed by atoms with Crippen molar-refractivity contribution >= 4 is 27.9 Å². The Morgan fingerprint density at radius 1 is 1.15 bits per heavy atom. The van der Waals surface area contributed by atoms with Crippen LogP contribution in [0.3, 0.4) is 0 Å². The Kier molecular flexibility index (Phi) is 7.02. The second kappa shape index (κ2) is 9.32. The van der Waals surface area contributed by atoms with Gasteiger partial charge < -0.3 is 14.4 Å². The van der Waals surface area contributed by atoms with Gasteiger partial charge in [-0.05, 0) is 49.2 Å². The van der Waals surface area contributed by atoms with Gasteiger partial charge in [0.25, 0.3) is 5.91 Å². The van der Waals surface area contributed by atoms with Crippen LogP contribution in [0.5, 0.6) is 5.75 Å².